The first-order chi connectivity index (χ1) is 8.87. The van der Waals surface area contributed by atoms with Gasteiger partial charge in [-0.05, 0) is 33.9 Å². The third-order valence-electron chi connectivity index (χ3n) is 3.03. The van der Waals surface area contributed by atoms with E-state index >= 15 is 0 Å². The van der Waals surface area contributed by atoms with Crippen LogP contribution in [-0.4, -0.2) is 53.9 Å². The standard InChI is InChI=1S/C13H21N3O3/c1-13(18,8-16(2)3)7-14-12(17)10-6-11(19-15-10)9-4-5-9/h6,9,18H,4-5,7-8H2,1-3H3,(H,14,17). The number of carbonyl (C=O) groups is 1. The van der Waals surface area contributed by atoms with Crippen molar-refractivity contribution in [3.63, 3.8) is 0 Å². The molecule has 0 radical (unpaired) electrons. The zero-order valence-corrected chi connectivity index (χ0v) is 11.6. The summed E-state index contributed by atoms with van der Waals surface area (Å²) >= 11 is 0. The molecule has 1 atom stereocenters. The Hall–Kier alpha value is -1.40. The predicted octanol–water partition coefficient (Wildman–Crippen LogP) is 0.594. The molecule has 2 N–H and O–H groups in total. The molecule has 1 aromatic heterocycles. The van der Waals surface area contributed by atoms with Crippen molar-refractivity contribution < 1.29 is 14.4 Å². The molecule has 1 unspecified atom stereocenters. The highest BCUT2D eigenvalue weighted by Crippen LogP contribution is 2.40. The minimum absolute atomic E-state index is 0.176. The molecule has 1 aromatic rings. The minimum Gasteiger partial charge on any atom is -0.387 e. The molecular formula is C13H21N3O3. The largest absolute Gasteiger partial charge is 0.387 e. The van der Waals surface area contributed by atoms with Crippen LogP contribution in [0.1, 0.15) is 41.9 Å². The van der Waals surface area contributed by atoms with E-state index in [4.69, 9.17) is 4.52 Å². The van der Waals surface area contributed by atoms with Crippen molar-refractivity contribution >= 4 is 5.91 Å². The van der Waals surface area contributed by atoms with Crippen LogP contribution in [0.2, 0.25) is 0 Å². The van der Waals surface area contributed by atoms with E-state index in [1.807, 2.05) is 19.0 Å². The molecule has 0 bridgehead atoms. The van der Waals surface area contributed by atoms with E-state index in [0.717, 1.165) is 18.6 Å². The third kappa shape index (κ3) is 4.04. The molecule has 106 valence electrons. The Balaban J connectivity index is 1.86. The topological polar surface area (TPSA) is 78.6 Å². The molecular weight excluding hydrogens is 246 g/mol. The second kappa shape index (κ2) is 5.30. The molecule has 0 saturated heterocycles. The van der Waals surface area contributed by atoms with Gasteiger partial charge in [-0.2, -0.15) is 0 Å². The number of likely N-dealkylation sites (N-methyl/N-ethyl adjacent to an activating group) is 1. The number of nitrogens with one attached hydrogen (secondary N) is 1. The maximum Gasteiger partial charge on any atom is 0.273 e. The fourth-order valence-electron chi connectivity index (χ4n) is 2.05. The van der Waals surface area contributed by atoms with E-state index in [2.05, 4.69) is 10.5 Å². The van der Waals surface area contributed by atoms with E-state index < -0.39 is 5.60 Å². The Labute approximate surface area is 112 Å². The maximum absolute atomic E-state index is 11.9. The second-order valence-electron chi connectivity index (χ2n) is 5.81. The van der Waals surface area contributed by atoms with E-state index in [1.165, 1.54) is 0 Å². The van der Waals surface area contributed by atoms with Gasteiger partial charge in [0, 0.05) is 25.1 Å². The van der Waals surface area contributed by atoms with Crippen molar-refractivity contribution in [3.05, 3.63) is 17.5 Å². The number of nitrogens with zero attached hydrogens (tertiary/aromatic N) is 2. The van der Waals surface area contributed by atoms with Gasteiger partial charge in [0.05, 0.1) is 5.60 Å². The number of aromatic nitrogens is 1. The quantitative estimate of drug-likeness (QED) is 0.789. The molecule has 1 aliphatic carbocycles. The zero-order chi connectivity index (χ0) is 14.0. The molecule has 0 spiro atoms. The van der Waals surface area contributed by atoms with E-state index in [0.29, 0.717) is 12.5 Å². The SMILES string of the molecule is CN(C)CC(C)(O)CNC(=O)c1cc(C2CC2)on1. The number of hydrogen-bond donors (Lipinski definition) is 2. The molecule has 1 heterocycles. The van der Waals surface area contributed by atoms with Gasteiger partial charge in [-0.15, -0.1) is 0 Å². The number of carbonyl (C=O) groups excluding carboxylic acids is 1. The van der Waals surface area contributed by atoms with Gasteiger partial charge in [-0.25, -0.2) is 0 Å². The lowest BCUT2D eigenvalue weighted by atomic mass is 10.1. The summed E-state index contributed by atoms with van der Waals surface area (Å²) in [5.41, 5.74) is -0.690. The summed E-state index contributed by atoms with van der Waals surface area (Å²) in [7, 11) is 3.74. The first-order valence-electron chi connectivity index (χ1n) is 6.49. The molecule has 6 nitrogen and oxygen atoms in total. The van der Waals surface area contributed by atoms with Crippen LogP contribution in [0.3, 0.4) is 0 Å². The van der Waals surface area contributed by atoms with Crippen molar-refractivity contribution in [3.8, 4) is 0 Å². The molecule has 2 rings (SSSR count). The lowest BCUT2D eigenvalue weighted by Crippen LogP contribution is -2.47. The summed E-state index contributed by atoms with van der Waals surface area (Å²) in [4.78, 5) is 13.7. The van der Waals surface area contributed by atoms with Crippen LogP contribution in [-0.2, 0) is 0 Å². The fraction of sp³-hybridized carbons (Fsp3) is 0.692. The molecule has 0 aliphatic heterocycles. The van der Waals surface area contributed by atoms with Gasteiger partial charge in [0.1, 0.15) is 5.76 Å². The van der Waals surface area contributed by atoms with Gasteiger partial charge in [0.2, 0.25) is 0 Å². The zero-order valence-electron chi connectivity index (χ0n) is 11.6. The van der Waals surface area contributed by atoms with Gasteiger partial charge < -0.3 is 19.8 Å². The van der Waals surface area contributed by atoms with E-state index in [1.54, 1.807) is 13.0 Å². The summed E-state index contributed by atoms with van der Waals surface area (Å²) in [6, 6.07) is 1.69. The molecule has 1 fully saturated rings. The Kier molecular flexibility index (Phi) is 3.91. The van der Waals surface area contributed by atoms with Crippen LogP contribution in [0.15, 0.2) is 10.6 Å². The van der Waals surface area contributed by atoms with Gasteiger partial charge >= 0.3 is 0 Å². The van der Waals surface area contributed by atoms with Crippen molar-refractivity contribution in [2.75, 3.05) is 27.2 Å². The minimum atomic E-state index is -0.970. The lowest BCUT2D eigenvalue weighted by molar-refractivity contribution is 0.0324. The molecule has 1 aliphatic rings. The van der Waals surface area contributed by atoms with E-state index in [-0.39, 0.29) is 18.1 Å². The molecule has 1 saturated carbocycles. The van der Waals surface area contributed by atoms with Crippen molar-refractivity contribution in [1.29, 1.82) is 0 Å². The lowest BCUT2D eigenvalue weighted by Gasteiger charge is -2.26. The summed E-state index contributed by atoms with van der Waals surface area (Å²) in [5, 5.41) is 16.5. The highest BCUT2D eigenvalue weighted by molar-refractivity contribution is 5.92. The van der Waals surface area contributed by atoms with Gasteiger partial charge in [-0.1, -0.05) is 5.16 Å². The molecule has 6 heteroatoms. The summed E-state index contributed by atoms with van der Waals surface area (Å²) < 4.78 is 5.12. The summed E-state index contributed by atoms with van der Waals surface area (Å²) in [5.74, 6) is 0.908. The first-order valence-corrected chi connectivity index (χ1v) is 6.49. The van der Waals surface area contributed by atoms with Crippen molar-refractivity contribution in [2.24, 2.45) is 0 Å². The van der Waals surface area contributed by atoms with Crippen LogP contribution in [0.4, 0.5) is 0 Å². The van der Waals surface area contributed by atoms with Crippen LogP contribution >= 0.6 is 0 Å². The Morgan fingerprint density at radius 1 is 1.63 bits per heavy atom. The molecule has 1 amide bonds. The maximum atomic E-state index is 11.9. The van der Waals surface area contributed by atoms with E-state index in [9.17, 15) is 9.90 Å². The number of aliphatic hydroxyl groups is 1. The average molecular weight is 267 g/mol. The Bertz CT molecular complexity index is 450. The summed E-state index contributed by atoms with van der Waals surface area (Å²) in [6.07, 6.45) is 2.21. The Morgan fingerprint density at radius 2 is 2.32 bits per heavy atom. The third-order valence-corrected chi connectivity index (χ3v) is 3.03. The Morgan fingerprint density at radius 3 is 2.89 bits per heavy atom. The highest BCUT2D eigenvalue weighted by Gasteiger charge is 2.29. The van der Waals surface area contributed by atoms with Gasteiger partial charge in [0.15, 0.2) is 5.69 Å². The molecule has 19 heavy (non-hydrogen) atoms. The van der Waals surface area contributed by atoms with Crippen LogP contribution in [0.25, 0.3) is 0 Å². The van der Waals surface area contributed by atoms with Gasteiger partial charge in [0.25, 0.3) is 5.91 Å². The number of rotatable bonds is 6. The highest BCUT2D eigenvalue weighted by atomic mass is 16.5. The van der Waals surface area contributed by atoms with Crippen LogP contribution < -0.4 is 5.32 Å². The monoisotopic (exact) mass is 267 g/mol. The second-order valence-corrected chi connectivity index (χ2v) is 5.81. The normalized spacial score (nSPS) is 18.4. The average Bonchev–Trinajstić information content (AvgIpc) is 3.03. The predicted molar refractivity (Wildman–Crippen MR) is 70.0 cm³/mol. The number of amides is 1. The smallest absolute Gasteiger partial charge is 0.273 e. The number of hydrogen-bond acceptors (Lipinski definition) is 5. The summed E-state index contributed by atoms with van der Waals surface area (Å²) in [6.45, 7) is 2.33. The first kappa shape index (κ1) is 14.0. The van der Waals surface area contributed by atoms with Gasteiger partial charge in [-0.3, -0.25) is 4.79 Å². The van der Waals surface area contributed by atoms with Crippen molar-refractivity contribution in [2.45, 2.75) is 31.3 Å². The van der Waals surface area contributed by atoms with Crippen molar-refractivity contribution in [1.82, 2.24) is 15.4 Å². The van der Waals surface area contributed by atoms with Crippen LogP contribution in [0.5, 0.6) is 0 Å². The van der Waals surface area contributed by atoms with Crippen LogP contribution in [0, 0.1) is 0 Å². The molecule has 0 aromatic carbocycles. The fourth-order valence-corrected chi connectivity index (χ4v) is 2.05.